The molecule has 3 rings (SSSR count). The second-order valence-corrected chi connectivity index (χ2v) is 7.04. The third-order valence-electron chi connectivity index (χ3n) is 4.06. The molecule has 0 aliphatic heterocycles. The third-order valence-corrected chi connectivity index (χ3v) is 4.96. The normalized spacial score (nSPS) is 12.2. The summed E-state index contributed by atoms with van der Waals surface area (Å²) in [5.41, 5.74) is 2.61. The quantitative estimate of drug-likeness (QED) is 0.696. The first-order valence-corrected chi connectivity index (χ1v) is 9.04. The Morgan fingerprint density at radius 3 is 2.85 bits per heavy atom. The van der Waals surface area contributed by atoms with Gasteiger partial charge in [0.15, 0.2) is 5.65 Å². The number of esters is 1. The molecule has 0 fully saturated rings. The highest BCUT2D eigenvalue weighted by atomic mass is 32.1. The number of rotatable bonds is 5. The van der Waals surface area contributed by atoms with Gasteiger partial charge in [0.05, 0.1) is 40.7 Å². The number of carbonyl (C=O) groups is 2. The molecule has 3 heterocycles. The van der Waals surface area contributed by atoms with Gasteiger partial charge in [0, 0.05) is 13.1 Å². The maximum Gasteiger partial charge on any atom is 0.307 e. The monoisotopic (exact) mass is 372 g/mol. The van der Waals surface area contributed by atoms with Gasteiger partial charge in [-0.1, -0.05) is 6.07 Å². The summed E-state index contributed by atoms with van der Waals surface area (Å²) in [4.78, 5) is 30.0. The summed E-state index contributed by atoms with van der Waals surface area (Å²) in [6.07, 6.45) is 0.111. The van der Waals surface area contributed by atoms with Crippen LogP contribution in [0.1, 0.15) is 29.4 Å². The number of aryl methyl sites for hydroxylation is 2. The first-order chi connectivity index (χ1) is 12.4. The van der Waals surface area contributed by atoms with Crippen LogP contribution in [-0.2, 0) is 16.6 Å². The summed E-state index contributed by atoms with van der Waals surface area (Å²) in [6.45, 7) is 3.62. The standard InChI is InChI=1S/C18H20N4O3S/c1-10(8-15(23)25-4)19-18(24)12-9-13(14-6-5-7-26-14)20-17-16(12)11(2)21-22(17)3/h5-7,9-10H,8H2,1-4H3,(H,19,24). The van der Waals surface area contributed by atoms with Crippen LogP contribution in [-0.4, -0.2) is 39.8 Å². The minimum Gasteiger partial charge on any atom is -0.469 e. The number of amides is 1. The van der Waals surface area contributed by atoms with Crippen LogP contribution in [0.5, 0.6) is 0 Å². The van der Waals surface area contributed by atoms with Crippen molar-refractivity contribution in [3.63, 3.8) is 0 Å². The van der Waals surface area contributed by atoms with E-state index in [0.717, 1.165) is 21.7 Å². The first kappa shape index (κ1) is 18.1. The predicted octanol–water partition coefficient (Wildman–Crippen LogP) is 2.69. The molecule has 0 radical (unpaired) electrons. The summed E-state index contributed by atoms with van der Waals surface area (Å²) in [7, 11) is 3.14. The average molecular weight is 372 g/mol. The maximum absolute atomic E-state index is 12.9. The van der Waals surface area contributed by atoms with E-state index in [2.05, 4.69) is 20.1 Å². The van der Waals surface area contributed by atoms with Gasteiger partial charge in [-0.2, -0.15) is 5.10 Å². The number of hydrogen-bond donors (Lipinski definition) is 1. The van der Waals surface area contributed by atoms with Gasteiger partial charge in [-0.25, -0.2) is 4.98 Å². The molecule has 1 atom stereocenters. The lowest BCUT2D eigenvalue weighted by Crippen LogP contribution is -2.34. The second-order valence-electron chi connectivity index (χ2n) is 6.09. The zero-order chi connectivity index (χ0) is 18.8. The molecule has 1 amide bonds. The molecule has 0 saturated heterocycles. The Kier molecular flexibility index (Phi) is 5.03. The van der Waals surface area contributed by atoms with Crippen LogP contribution >= 0.6 is 11.3 Å². The third kappa shape index (κ3) is 3.45. The molecule has 0 spiro atoms. The summed E-state index contributed by atoms with van der Waals surface area (Å²) in [5, 5.41) is 9.95. The molecule has 1 N–H and O–H groups in total. The van der Waals surface area contributed by atoms with Gasteiger partial charge in [-0.3, -0.25) is 14.3 Å². The number of nitrogens with one attached hydrogen (secondary N) is 1. The number of ether oxygens (including phenoxy) is 1. The molecule has 0 aliphatic rings. The van der Waals surface area contributed by atoms with Crippen molar-refractivity contribution in [2.24, 2.45) is 7.05 Å². The summed E-state index contributed by atoms with van der Waals surface area (Å²) in [6, 6.07) is 5.34. The van der Waals surface area contributed by atoms with Crippen molar-refractivity contribution < 1.29 is 14.3 Å². The van der Waals surface area contributed by atoms with E-state index in [1.54, 1.807) is 29.0 Å². The van der Waals surface area contributed by atoms with Crippen LogP contribution in [0.15, 0.2) is 23.6 Å². The Morgan fingerprint density at radius 1 is 1.42 bits per heavy atom. The van der Waals surface area contributed by atoms with Gasteiger partial charge in [-0.15, -0.1) is 11.3 Å². The molecule has 1 unspecified atom stereocenters. The number of thiophene rings is 1. The molecular weight excluding hydrogens is 352 g/mol. The minimum atomic E-state index is -0.366. The van der Waals surface area contributed by atoms with Gasteiger partial charge in [0.2, 0.25) is 0 Å². The lowest BCUT2D eigenvalue weighted by atomic mass is 10.1. The lowest BCUT2D eigenvalue weighted by molar-refractivity contribution is -0.141. The number of nitrogens with zero attached hydrogens (tertiary/aromatic N) is 3. The van der Waals surface area contributed by atoms with Crippen LogP contribution in [0.4, 0.5) is 0 Å². The van der Waals surface area contributed by atoms with Gasteiger partial charge in [-0.05, 0) is 31.4 Å². The van der Waals surface area contributed by atoms with E-state index >= 15 is 0 Å². The molecule has 3 aromatic heterocycles. The van der Waals surface area contributed by atoms with Crippen LogP contribution in [0.25, 0.3) is 21.6 Å². The molecule has 7 nitrogen and oxygen atoms in total. The predicted molar refractivity (Wildman–Crippen MR) is 100 cm³/mol. The molecule has 0 aliphatic carbocycles. The maximum atomic E-state index is 12.9. The van der Waals surface area contributed by atoms with Crippen LogP contribution in [0.2, 0.25) is 0 Å². The number of carbonyl (C=O) groups excluding carboxylic acids is 2. The van der Waals surface area contributed by atoms with E-state index in [0.29, 0.717) is 11.2 Å². The molecule has 136 valence electrons. The van der Waals surface area contributed by atoms with E-state index in [4.69, 9.17) is 0 Å². The van der Waals surface area contributed by atoms with E-state index in [1.807, 2.05) is 31.5 Å². The Balaban J connectivity index is 2.03. The van der Waals surface area contributed by atoms with Crippen LogP contribution in [0, 0.1) is 6.92 Å². The van der Waals surface area contributed by atoms with Crippen molar-refractivity contribution in [1.29, 1.82) is 0 Å². The van der Waals surface area contributed by atoms with Crippen molar-refractivity contribution in [1.82, 2.24) is 20.1 Å². The van der Waals surface area contributed by atoms with Gasteiger partial charge >= 0.3 is 5.97 Å². The summed E-state index contributed by atoms with van der Waals surface area (Å²) >= 11 is 1.56. The fraction of sp³-hybridized carbons (Fsp3) is 0.333. The number of aromatic nitrogens is 3. The summed E-state index contributed by atoms with van der Waals surface area (Å²) in [5.74, 6) is -0.628. The first-order valence-electron chi connectivity index (χ1n) is 8.16. The Hall–Kier alpha value is -2.74. The molecule has 8 heteroatoms. The highest BCUT2D eigenvalue weighted by Gasteiger charge is 2.21. The van der Waals surface area contributed by atoms with Crippen LogP contribution < -0.4 is 5.32 Å². The second kappa shape index (κ2) is 7.25. The topological polar surface area (TPSA) is 86.1 Å². The molecule has 0 aromatic carbocycles. The van der Waals surface area contributed by atoms with Crippen molar-refractivity contribution in [2.45, 2.75) is 26.3 Å². The van der Waals surface area contributed by atoms with E-state index in [1.165, 1.54) is 7.11 Å². The van der Waals surface area contributed by atoms with E-state index < -0.39 is 0 Å². The lowest BCUT2D eigenvalue weighted by Gasteiger charge is -2.14. The van der Waals surface area contributed by atoms with Crippen molar-refractivity contribution in [2.75, 3.05) is 7.11 Å². The Morgan fingerprint density at radius 2 is 2.19 bits per heavy atom. The van der Waals surface area contributed by atoms with Crippen LogP contribution in [0.3, 0.4) is 0 Å². The van der Waals surface area contributed by atoms with Crippen molar-refractivity contribution in [3.8, 4) is 10.6 Å². The smallest absolute Gasteiger partial charge is 0.307 e. The zero-order valence-electron chi connectivity index (χ0n) is 15.1. The highest BCUT2D eigenvalue weighted by Crippen LogP contribution is 2.29. The SMILES string of the molecule is COC(=O)CC(C)NC(=O)c1cc(-c2cccs2)nc2c1c(C)nn2C. The van der Waals surface area contributed by atoms with E-state index in [-0.39, 0.29) is 24.3 Å². The van der Waals surface area contributed by atoms with Gasteiger partial charge in [0.1, 0.15) is 0 Å². The van der Waals surface area contributed by atoms with Crippen molar-refractivity contribution in [3.05, 3.63) is 34.8 Å². The van der Waals surface area contributed by atoms with E-state index in [9.17, 15) is 9.59 Å². The fourth-order valence-electron chi connectivity index (χ4n) is 2.86. The number of fused-ring (bicyclic) bond motifs is 1. The molecule has 0 saturated carbocycles. The molecule has 0 bridgehead atoms. The Bertz CT molecular complexity index is 963. The van der Waals surface area contributed by atoms with Gasteiger partial charge in [0.25, 0.3) is 5.91 Å². The van der Waals surface area contributed by atoms with Gasteiger partial charge < -0.3 is 10.1 Å². The number of methoxy groups -OCH3 is 1. The zero-order valence-corrected chi connectivity index (χ0v) is 15.9. The highest BCUT2D eigenvalue weighted by molar-refractivity contribution is 7.13. The molecular formula is C18H20N4O3S. The molecule has 3 aromatic rings. The minimum absolute atomic E-state index is 0.111. The Labute approximate surface area is 155 Å². The average Bonchev–Trinajstić information content (AvgIpc) is 3.23. The largest absolute Gasteiger partial charge is 0.469 e. The summed E-state index contributed by atoms with van der Waals surface area (Å²) < 4.78 is 6.33. The molecule has 26 heavy (non-hydrogen) atoms. The van der Waals surface area contributed by atoms with Crippen molar-refractivity contribution >= 4 is 34.2 Å². The number of pyridine rings is 1. The fourth-order valence-corrected chi connectivity index (χ4v) is 3.55. The number of hydrogen-bond acceptors (Lipinski definition) is 6.